The molecule has 1 aliphatic rings. The van der Waals surface area contributed by atoms with Gasteiger partial charge in [-0.2, -0.15) is 0 Å². The summed E-state index contributed by atoms with van der Waals surface area (Å²) in [6.45, 7) is 6.53. The summed E-state index contributed by atoms with van der Waals surface area (Å²) in [7, 11) is 3.71. The molecule has 1 aromatic rings. The molecule has 0 aliphatic heterocycles. The maximum Gasteiger partial charge on any atom is 0.239 e. The van der Waals surface area contributed by atoms with Crippen molar-refractivity contribution in [2.45, 2.75) is 45.1 Å². The molecule has 2 N–H and O–H groups in total. The minimum absolute atomic E-state index is 0.0435. The fraction of sp³-hybridized carbons (Fsp3) is 0.667. The van der Waals surface area contributed by atoms with Gasteiger partial charge < -0.3 is 15.5 Å². The van der Waals surface area contributed by atoms with Crippen LogP contribution in [-0.4, -0.2) is 42.6 Å². The smallest absolute Gasteiger partial charge is 0.239 e. The van der Waals surface area contributed by atoms with Gasteiger partial charge in [0.25, 0.3) is 0 Å². The minimum atomic E-state index is -0.140. The van der Waals surface area contributed by atoms with Crippen molar-refractivity contribution in [1.29, 1.82) is 0 Å². The Balaban J connectivity index is 2.14. The Morgan fingerprint density at radius 3 is 2.57 bits per heavy atom. The van der Waals surface area contributed by atoms with Gasteiger partial charge in [-0.05, 0) is 12.8 Å². The lowest BCUT2D eigenvalue weighted by molar-refractivity contribution is -0.119. The van der Waals surface area contributed by atoms with E-state index >= 15 is 0 Å². The fourth-order valence-corrected chi connectivity index (χ4v) is 1.89. The summed E-state index contributed by atoms with van der Waals surface area (Å²) in [4.78, 5) is 22.8. The van der Waals surface area contributed by atoms with Gasteiger partial charge in [-0.1, -0.05) is 20.8 Å². The van der Waals surface area contributed by atoms with Gasteiger partial charge in [0.05, 0.1) is 6.54 Å². The number of nitrogens with zero attached hydrogens (tertiary/aromatic N) is 3. The summed E-state index contributed by atoms with van der Waals surface area (Å²) in [5, 5.41) is 6.04. The summed E-state index contributed by atoms with van der Waals surface area (Å²) in [6.07, 6.45) is 2.20. The van der Waals surface area contributed by atoms with Gasteiger partial charge in [0.1, 0.15) is 17.5 Å². The average molecular weight is 291 g/mol. The van der Waals surface area contributed by atoms with Gasteiger partial charge in [0.15, 0.2) is 0 Å². The second-order valence-corrected chi connectivity index (χ2v) is 6.63. The highest BCUT2D eigenvalue weighted by Crippen LogP contribution is 2.23. The first-order chi connectivity index (χ1) is 9.79. The van der Waals surface area contributed by atoms with Gasteiger partial charge in [0.2, 0.25) is 5.91 Å². The predicted molar refractivity (Wildman–Crippen MR) is 84.7 cm³/mol. The standard InChI is InChI=1S/C15H25N5O/c1-15(2,3)14-18-11(16-4)8-12(19-14)20(5)9-13(21)17-10-6-7-10/h8,10H,6-7,9H2,1-5H3,(H,17,21)(H,16,18,19). The van der Waals surface area contributed by atoms with Crippen LogP contribution in [0.1, 0.15) is 39.4 Å². The quantitative estimate of drug-likeness (QED) is 0.861. The Hall–Kier alpha value is -1.85. The Morgan fingerprint density at radius 1 is 1.38 bits per heavy atom. The van der Waals surface area contributed by atoms with E-state index in [1.54, 1.807) is 0 Å². The fourth-order valence-electron chi connectivity index (χ4n) is 1.89. The highest BCUT2D eigenvalue weighted by Gasteiger charge is 2.24. The van der Waals surface area contributed by atoms with Crippen LogP contribution in [0.4, 0.5) is 11.6 Å². The molecule has 0 unspecified atom stereocenters. The third kappa shape index (κ3) is 4.31. The molecule has 21 heavy (non-hydrogen) atoms. The largest absolute Gasteiger partial charge is 0.373 e. The molecular weight excluding hydrogens is 266 g/mol. The number of rotatable bonds is 5. The summed E-state index contributed by atoms with van der Waals surface area (Å²) in [6, 6.07) is 2.24. The number of amides is 1. The first-order valence-electron chi connectivity index (χ1n) is 7.37. The third-order valence-electron chi connectivity index (χ3n) is 3.35. The van der Waals surface area contributed by atoms with E-state index in [0.29, 0.717) is 12.6 Å². The van der Waals surface area contributed by atoms with E-state index in [0.717, 1.165) is 30.3 Å². The number of likely N-dealkylation sites (N-methyl/N-ethyl adjacent to an activating group) is 1. The van der Waals surface area contributed by atoms with Crippen molar-refractivity contribution in [1.82, 2.24) is 15.3 Å². The second kappa shape index (κ2) is 5.87. The molecule has 1 heterocycles. The van der Waals surface area contributed by atoms with Crippen LogP contribution in [-0.2, 0) is 10.2 Å². The highest BCUT2D eigenvalue weighted by atomic mass is 16.2. The van der Waals surface area contributed by atoms with Crippen molar-refractivity contribution in [3.8, 4) is 0 Å². The SMILES string of the molecule is CNc1cc(N(C)CC(=O)NC2CC2)nc(C(C)(C)C)n1. The Kier molecular flexibility index (Phi) is 4.34. The minimum Gasteiger partial charge on any atom is -0.373 e. The Bertz CT molecular complexity index is 519. The molecule has 6 nitrogen and oxygen atoms in total. The zero-order chi connectivity index (χ0) is 15.6. The molecule has 2 rings (SSSR count). The van der Waals surface area contributed by atoms with Crippen LogP contribution in [0.5, 0.6) is 0 Å². The number of anilines is 2. The van der Waals surface area contributed by atoms with E-state index in [1.807, 2.05) is 25.1 Å². The molecule has 1 aromatic heterocycles. The van der Waals surface area contributed by atoms with Gasteiger partial charge in [-0.15, -0.1) is 0 Å². The van der Waals surface area contributed by atoms with E-state index in [-0.39, 0.29) is 11.3 Å². The van der Waals surface area contributed by atoms with Crippen LogP contribution >= 0.6 is 0 Å². The molecule has 6 heteroatoms. The van der Waals surface area contributed by atoms with Crippen LogP contribution in [0.25, 0.3) is 0 Å². The topological polar surface area (TPSA) is 70.2 Å². The molecule has 1 saturated carbocycles. The molecular formula is C15H25N5O. The van der Waals surface area contributed by atoms with Gasteiger partial charge in [-0.3, -0.25) is 4.79 Å². The lowest BCUT2D eigenvalue weighted by atomic mass is 9.96. The zero-order valence-electron chi connectivity index (χ0n) is 13.5. The molecule has 116 valence electrons. The monoisotopic (exact) mass is 291 g/mol. The van der Waals surface area contributed by atoms with E-state index in [2.05, 4.69) is 41.4 Å². The second-order valence-electron chi connectivity index (χ2n) is 6.63. The normalized spacial score (nSPS) is 14.7. The van der Waals surface area contributed by atoms with E-state index < -0.39 is 0 Å². The van der Waals surface area contributed by atoms with Crippen LogP contribution in [0.2, 0.25) is 0 Å². The number of carbonyl (C=O) groups is 1. The first kappa shape index (κ1) is 15.5. The van der Waals surface area contributed by atoms with Crippen molar-refractivity contribution in [3.63, 3.8) is 0 Å². The van der Waals surface area contributed by atoms with Crippen molar-refractivity contribution in [3.05, 3.63) is 11.9 Å². The predicted octanol–water partition coefficient (Wildman–Crippen LogP) is 1.53. The van der Waals surface area contributed by atoms with Gasteiger partial charge in [0, 0.05) is 31.6 Å². The Morgan fingerprint density at radius 2 is 2.05 bits per heavy atom. The van der Waals surface area contributed by atoms with Gasteiger partial charge in [-0.25, -0.2) is 9.97 Å². The molecule has 1 amide bonds. The maximum atomic E-state index is 11.9. The van der Waals surface area contributed by atoms with E-state index in [1.165, 1.54) is 0 Å². The van der Waals surface area contributed by atoms with Gasteiger partial charge >= 0.3 is 0 Å². The van der Waals surface area contributed by atoms with E-state index in [9.17, 15) is 4.79 Å². The lowest BCUT2D eigenvalue weighted by Crippen LogP contribution is -2.37. The first-order valence-corrected chi connectivity index (χ1v) is 7.37. The number of hydrogen-bond donors (Lipinski definition) is 2. The van der Waals surface area contributed by atoms with Crippen LogP contribution in [0, 0.1) is 0 Å². The van der Waals surface area contributed by atoms with Crippen LogP contribution in [0.15, 0.2) is 6.07 Å². The van der Waals surface area contributed by atoms with Crippen molar-refractivity contribution in [2.75, 3.05) is 30.9 Å². The summed E-state index contributed by atoms with van der Waals surface area (Å²) < 4.78 is 0. The van der Waals surface area contributed by atoms with Crippen molar-refractivity contribution in [2.24, 2.45) is 0 Å². The lowest BCUT2D eigenvalue weighted by Gasteiger charge is -2.23. The Labute approximate surface area is 126 Å². The van der Waals surface area contributed by atoms with Crippen molar-refractivity contribution < 1.29 is 4.79 Å². The maximum absolute atomic E-state index is 11.9. The summed E-state index contributed by atoms with van der Waals surface area (Å²) >= 11 is 0. The molecule has 1 fully saturated rings. The van der Waals surface area contributed by atoms with Crippen LogP contribution < -0.4 is 15.5 Å². The molecule has 0 aromatic carbocycles. The van der Waals surface area contributed by atoms with Crippen molar-refractivity contribution >= 4 is 17.5 Å². The molecule has 0 radical (unpaired) electrons. The molecule has 0 spiro atoms. The summed E-state index contributed by atoms with van der Waals surface area (Å²) in [5.74, 6) is 2.32. The number of aromatic nitrogens is 2. The number of nitrogens with one attached hydrogen (secondary N) is 2. The molecule has 1 aliphatic carbocycles. The molecule has 0 atom stereocenters. The average Bonchev–Trinajstić information content (AvgIpc) is 3.20. The third-order valence-corrected chi connectivity index (χ3v) is 3.35. The number of carbonyl (C=O) groups excluding carboxylic acids is 1. The van der Waals surface area contributed by atoms with Crippen LogP contribution in [0.3, 0.4) is 0 Å². The molecule has 0 saturated heterocycles. The highest BCUT2D eigenvalue weighted by molar-refractivity contribution is 5.81. The molecule has 0 bridgehead atoms. The number of hydrogen-bond acceptors (Lipinski definition) is 5. The zero-order valence-corrected chi connectivity index (χ0v) is 13.5. The summed E-state index contributed by atoms with van der Waals surface area (Å²) in [5.41, 5.74) is -0.140. The van der Waals surface area contributed by atoms with E-state index in [4.69, 9.17) is 0 Å².